The van der Waals surface area contributed by atoms with Crippen LogP contribution in [0.25, 0.3) is 0 Å². The number of carbonyl (C=O) groups is 1. The molecule has 3 heterocycles. The van der Waals surface area contributed by atoms with Gasteiger partial charge in [0.1, 0.15) is 0 Å². The SMILES string of the molecule is Cc1ccc(NC(=O)CCN2C(=S)NC(c3ccccn3)C2c2ccn(C3CCCCC3)c2)cc1. The normalized spacial score (nSPS) is 20.6. The van der Waals surface area contributed by atoms with Crippen molar-refractivity contribution >= 4 is 28.9 Å². The number of hydrogen-bond acceptors (Lipinski definition) is 3. The molecule has 0 bridgehead atoms. The molecule has 1 aliphatic carbocycles. The fourth-order valence-corrected chi connectivity index (χ4v) is 5.64. The van der Waals surface area contributed by atoms with E-state index in [1.54, 1.807) is 0 Å². The minimum atomic E-state index is -0.0638. The average molecular weight is 488 g/mol. The van der Waals surface area contributed by atoms with E-state index in [0.717, 1.165) is 11.4 Å². The van der Waals surface area contributed by atoms with Gasteiger partial charge in [0.2, 0.25) is 5.91 Å². The summed E-state index contributed by atoms with van der Waals surface area (Å²) in [6.45, 7) is 2.57. The Morgan fingerprint density at radius 1 is 1.11 bits per heavy atom. The van der Waals surface area contributed by atoms with Crippen LogP contribution < -0.4 is 10.6 Å². The quantitative estimate of drug-likeness (QED) is 0.419. The molecule has 2 aliphatic rings. The number of aromatic nitrogens is 2. The lowest BCUT2D eigenvalue weighted by atomic mass is 9.95. The Morgan fingerprint density at radius 3 is 2.66 bits per heavy atom. The Hall–Kier alpha value is -3.19. The van der Waals surface area contributed by atoms with Gasteiger partial charge < -0.3 is 20.1 Å². The first-order valence-corrected chi connectivity index (χ1v) is 13.0. The Kier molecular flexibility index (Phi) is 7.13. The molecule has 2 fully saturated rings. The van der Waals surface area contributed by atoms with E-state index in [4.69, 9.17) is 12.2 Å². The number of aryl methyl sites for hydroxylation is 1. The van der Waals surface area contributed by atoms with Crippen molar-refractivity contribution in [3.05, 3.63) is 83.9 Å². The molecule has 3 aromatic rings. The van der Waals surface area contributed by atoms with Crippen LogP contribution >= 0.6 is 12.2 Å². The standard InChI is InChI=1S/C28H33N5OS/c1-20-10-12-22(13-11-20)30-25(34)15-18-33-27(26(31-28(33)35)24-9-5-6-16-29-24)21-14-17-32(19-21)23-7-3-2-4-8-23/h5-6,9-14,16-17,19,23,26-27H,2-4,7-8,15,18H2,1H3,(H,30,34)(H,31,35). The van der Waals surface area contributed by atoms with E-state index in [2.05, 4.69) is 43.5 Å². The second kappa shape index (κ2) is 10.6. The van der Waals surface area contributed by atoms with Crippen molar-refractivity contribution in [3.63, 3.8) is 0 Å². The van der Waals surface area contributed by atoms with Crippen LogP contribution in [0.15, 0.2) is 67.1 Å². The zero-order chi connectivity index (χ0) is 24.2. The van der Waals surface area contributed by atoms with Gasteiger partial charge in [0.25, 0.3) is 0 Å². The minimum Gasteiger partial charge on any atom is -0.352 e. The molecule has 35 heavy (non-hydrogen) atoms. The van der Waals surface area contributed by atoms with Crippen molar-refractivity contribution in [2.24, 2.45) is 0 Å². The summed E-state index contributed by atoms with van der Waals surface area (Å²) >= 11 is 5.77. The number of anilines is 1. The van der Waals surface area contributed by atoms with Crippen molar-refractivity contribution in [2.75, 3.05) is 11.9 Å². The summed E-state index contributed by atoms with van der Waals surface area (Å²) < 4.78 is 2.38. The monoisotopic (exact) mass is 487 g/mol. The molecule has 6 nitrogen and oxygen atoms in total. The fourth-order valence-electron chi connectivity index (χ4n) is 5.30. The van der Waals surface area contributed by atoms with Gasteiger partial charge in [0, 0.05) is 43.3 Å². The first-order chi connectivity index (χ1) is 17.1. The van der Waals surface area contributed by atoms with Crippen LogP contribution in [0.5, 0.6) is 0 Å². The topological polar surface area (TPSA) is 62.2 Å². The first kappa shape index (κ1) is 23.5. The molecular weight excluding hydrogens is 454 g/mol. The van der Waals surface area contributed by atoms with E-state index >= 15 is 0 Å². The van der Waals surface area contributed by atoms with Gasteiger partial charge in [-0.1, -0.05) is 43.0 Å². The minimum absolute atomic E-state index is 0.0172. The second-order valence-electron chi connectivity index (χ2n) is 9.67. The van der Waals surface area contributed by atoms with Crippen molar-refractivity contribution in [3.8, 4) is 0 Å². The Balaban J connectivity index is 1.35. The van der Waals surface area contributed by atoms with Gasteiger partial charge in [0.05, 0.1) is 17.8 Å². The summed E-state index contributed by atoms with van der Waals surface area (Å²) in [5.41, 5.74) is 4.14. The van der Waals surface area contributed by atoms with Crippen molar-refractivity contribution in [2.45, 2.75) is 63.6 Å². The smallest absolute Gasteiger partial charge is 0.226 e. The van der Waals surface area contributed by atoms with Crippen LogP contribution in [-0.4, -0.2) is 32.0 Å². The zero-order valence-corrected chi connectivity index (χ0v) is 21.0. The molecule has 1 aliphatic heterocycles. The average Bonchev–Trinajstić information content (AvgIpc) is 3.50. The molecule has 182 valence electrons. The summed E-state index contributed by atoms with van der Waals surface area (Å²) in [7, 11) is 0. The highest BCUT2D eigenvalue weighted by atomic mass is 32.1. The molecule has 2 N–H and O–H groups in total. The highest BCUT2D eigenvalue weighted by Crippen LogP contribution is 2.39. The molecule has 0 spiro atoms. The Morgan fingerprint density at radius 2 is 1.91 bits per heavy atom. The molecule has 1 saturated carbocycles. The van der Waals surface area contributed by atoms with E-state index in [9.17, 15) is 4.79 Å². The highest BCUT2D eigenvalue weighted by Gasteiger charge is 2.40. The number of amides is 1. The third kappa shape index (κ3) is 5.40. The maximum Gasteiger partial charge on any atom is 0.226 e. The molecule has 2 aromatic heterocycles. The number of pyridine rings is 1. The second-order valence-corrected chi connectivity index (χ2v) is 10.1. The van der Waals surface area contributed by atoms with Gasteiger partial charge in [-0.05, 0) is 67.9 Å². The molecule has 2 atom stereocenters. The summed E-state index contributed by atoms with van der Waals surface area (Å²) in [4.78, 5) is 19.5. The Labute approximate surface area is 212 Å². The van der Waals surface area contributed by atoms with Gasteiger partial charge in [-0.15, -0.1) is 0 Å². The molecule has 1 aromatic carbocycles. The molecule has 1 saturated heterocycles. The largest absolute Gasteiger partial charge is 0.352 e. The van der Waals surface area contributed by atoms with E-state index in [1.807, 2.05) is 55.6 Å². The van der Waals surface area contributed by atoms with Gasteiger partial charge in [-0.25, -0.2) is 0 Å². The van der Waals surface area contributed by atoms with Crippen molar-refractivity contribution < 1.29 is 4.79 Å². The Bertz CT molecular complexity index is 1150. The molecule has 5 rings (SSSR count). The molecule has 1 amide bonds. The van der Waals surface area contributed by atoms with Crippen LogP contribution in [-0.2, 0) is 4.79 Å². The van der Waals surface area contributed by atoms with Crippen LogP contribution in [0.3, 0.4) is 0 Å². The van der Waals surface area contributed by atoms with Crippen LogP contribution in [0.4, 0.5) is 5.69 Å². The zero-order valence-electron chi connectivity index (χ0n) is 20.2. The van der Waals surface area contributed by atoms with E-state index in [-0.39, 0.29) is 18.0 Å². The number of nitrogens with one attached hydrogen (secondary N) is 2. The lowest BCUT2D eigenvalue weighted by molar-refractivity contribution is -0.116. The molecule has 7 heteroatoms. The van der Waals surface area contributed by atoms with E-state index in [1.165, 1.54) is 43.2 Å². The lowest BCUT2D eigenvalue weighted by Gasteiger charge is -2.27. The molecule has 0 radical (unpaired) electrons. The summed E-state index contributed by atoms with van der Waals surface area (Å²) in [6, 6.07) is 16.5. The van der Waals surface area contributed by atoms with Crippen LogP contribution in [0.2, 0.25) is 0 Å². The maximum absolute atomic E-state index is 12.7. The summed E-state index contributed by atoms with van der Waals surface area (Å²) in [5.74, 6) is -0.0172. The summed E-state index contributed by atoms with van der Waals surface area (Å²) in [5, 5.41) is 7.16. The van der Waals surface area contributed by atoms with E-state index in [0.29, 0.717) is 24.1 Å². The predicted octanol–water partition coefficient (Wildman–Crippen LogP) is 5.70. The molecular formula is C28H33N5OS. The third-order valence-electron chi connectivity index (χ3n) is 7.19. The van der Waals surface area contributed by atoms with Gasteiger partial charge >= 0.3 is 0 Å². The van der Waals surface area contributed by atoms with Crippen molar-refractivity contribution in [1.29, 1.82) is 0 Å². The number of carbonyl (C=O) groups excluding carboxylic acids is 1. The first-order valence-electron chi connectivity index (χ1n) is 12.6. The molecule has 2 unspecified atom stereocenters. The number of rotatable bonds is 7. The van der Waals surface area contributed by atoms with Crippen LogP contribution in [0.1, 0.15) is 73.5 Å². The van der Waals surface area contributed by atoms with Gasteiger partial charge in [0.15, 0.2) is 5.11 Å². The maximum atomic E-state index is 12.7. The number of hydrogen-bond donors (Lipinski definition) is 2. The fraction of sp³-hybridized carbons (Fsp3) is 0.393. The van der Waals surface area contributed by atoms with Crippen LogP contribution in [0, 0.1) is 6.92 Å². The number of benzene rings is 1. The predicted molar refractivity (Wildman–Crippen MR) is 143 cm³/mol. The third-order valence-corrected chi connectivity index (χ3v) is 7.54. The summed E-state index contributed by atoms with van der Waals surface area (Å²) in [6.07, 6.45) is 13.1. The highest BCUT2D eigenvalue weighted by molar-refractivity contribution is 7.80. The van der Waals surface area contributed by atoms with Gasteiger partial charge in [-0.3, -0.25) is 9.78 Å². The van der Waals surface area contributed by atoms with Crippen molar-refractivity contribution in [1.82, 2.24) is 19.8 Å². The number of thiocarbonyl (C=S) groups is 1. The van der Waals surface area contributed by atoms with Gasteiger partial charge in [-0.2, -0.15) is 0 Å². The van der Waals surface area contributed by atoms with E-state index < -0.39 is 0 Å². The lowest BCUT2D eigenvalue weighted by Crippen LogP contribution is -2.32. The number of nitrogens with zero attached hydrogens (tertiary/aromatic N) is 3.